The predicted molar refractivity (Wildman–Crippen MR) is 69.5 cm³/mol. The van der Waals surface area contributed by atoms with E-state index in [9.17, 15) is 4.79 Å². The normalized spacial score (nSPS) is 10.2. The van der Waals surface area contributed by atoms with Crippen LogP contribution in [0.5, 0.6) is 0 Å². The zero-order valence-corrected chi connectivity index (χ0v) is 10.9. The second-order valence-electron chi connectivity index (χ2n) is 3.80. The molecule has 0 unspecified atom stereocenters. The minimum atomic E-state index is -0.151. The number of hydrogen-bond acceptors (Lipinski definition) is 5. The molecule has 0 aliphatic heterocycles. The van der Waals surface area contributed by atoms with Crippen molar-refractivity contribution in [1.82, 2.24) is 15.1 Å². The predicted octanol–water partition coefficient (Wildman–Crippen LogP) is 0.753. The van der Waals surface area contributed by atoms with E-state index in [2.05, 4.69) is 15.5 Å². The lowest BCUT2D eigenvalue weighted by Crippen LogP contribution is -2.33. The summed E-state index contributed by atoms with van der Waals surface area (Å²) in [6.45, 7) is 5.83. The number of nitrogens with zero attached hydrogens (tertiary/aromatic N) is 3. The number of aromatic nitrogens is 2. The Morgan fingerprint density at radius 2 is 2.17 bits per heavy atom. The number of aliphatic hydroxyl groups is 1. The van der Waals surface area contributed by atoms with Crippen LogP contribution < -0.4 is 5.32 Å². The molecule has 1 rings (SSSR count). The van der Waals surface area contributed by atoms with Gasteiger partial charge in [0.25, 0.3) is 5.91 Å². The average molecular weight is 252 g/mol. The molecular weight excluding hydrogens is 232 g/mol. The van der Waals surface area contributed by atoms with Gasteiger partial charge >= 0.3 is 0 Å². The first-order valence-electron chi connectivity index (χ1n) is 6.20. The van der Waals surface area contributed by atoms with Crippen LogP contribution in [0.15, 0.2) is 12.1 Å². The molecule has 1 aromatic heterocycles. The van der Waals surface area contributed by atoms with Crippen molar-refractivity contribution in [3.8, 4) is 0 Å². The molecule has 2 N–H and O–H groups in total. The van der Waals surface area contributed by atoms with Gasteiger partial charge in [0.2, 0.25) is 0 Å². The highest BCUT2D eigenvalue weighted by molar-refractivity contribution is 5.92. The largest absolute Gasteiger partial charge is 0.396 e. The molecule has 6 heteroatoms. The van der Waals surface area contributed by atoms with E-state index in [-0.39, 0.29) is 12.5 Å². The van der Waals surface area contributed by atoms with Crippen molar-refractivity contribution in [2.75, 3.05) is 31.6 Å². The van der Waals surface area contributed by atoms with Crippen LogP contribution in [0.1, 0.15) is 30.8 Å². The molecule has 0 radical (unpaired) electrons. The first-order valence-corrected chi connectivity index (χ1v) is 6.20. The zero-order chi connectivity index (χ0) is 13.4. The fraction of sp³-hybridized carbons (Fsp3) is 0.583. The first kappa shape index (κ1) is 14.4. The van der Waals surface area contributed by atoms with Crippen LogP contribution in [-0.2, 0) is 0 Å². The third kappa shape index (κ3) is 3.96. The van der Waals surface area contributed by atoms with E-state index in [0.717, 1.165) is 6.54 Å². The Morgan fingerprint density at radius 1 is 1.39 bits per heavy atom. The number of aliphatic hydroxyl groups excluding tert-OH is 1. The molecule has 1 heterocycles. The van der Waals surface area contributed by atoms with Gasteiger partial charge in [0, 0.05) is 26.2 Å². The summed E-state index contributed by atoms with van der Waals surface area (Å²) < 4.78 is 0. The molecule has 100 valence electrons. The van der Waals surface area contributed by atoms with Crippen molar-refractivity contribution in [3.05, 3.63) is 17.8 Å². The number of rotatable bonds is 7. The smallest absolute Gasteiger partial charge is 0.274 e. The Bertz CT molecular complexity index is 367. The third-order valence-electron chi connectivity index (χ3n) is 2.50. The molecule has 0 aliphatic rings. The summed E-state index contributed by atoms with van der Waals surface area (Å²) in [4.78, 5) is 13.7. The van der Waals surface area contributed by atoms with Crippen LogP contribution >= 0.6 is 0 Å². The fourth-order valence-electron chi connectivity index (χ4n) is 1.55. The van der Waals surface area contributed by atoms with Crippen molar-refractivity contribution in [2.45, 2.75) is 20.3 Å². The Morgan fingerprint density at radius 3 is 2.67 bits per heavy atom. The van der Waals surface area contributed by atoms with Gasteiger partial charge in [-0.2, -0.15) is 0 Å². The molecule has 0 atom stereocenters. The van der Waals surface area contributed by atoms with Crippen LogP contribution in [-0.4, -0.2) is 52.4 Å². The highest BCUT2D eigenvalue weighted by Crippen LogP contribution is 2.05. The lowest BCUT2D eigenvalue weighted by Gasteiger charge is -2.19. The molecule has 0 bridgehead atoms. The van der Waals surface area contributed by atoms with E-state index in [1.165, 1.54) is 0 Å². The number of carbonyl (C=O) groups is 1. The molecule has 18 heavy (non-hydrogen) atoms. The molecule has 0 aliphatic carbocycles. The zero-order valence-electron chi connectivity index (χ0n) is 10.9. The highest BCUT2D eigenvalue weighted by atomic mass is 16.3. The summed E-state index contributed by atoms with van der Waals surface area (Å²) in [5.41, 5.74) is 0.330. The molecule has 1 aromatic rings. The standard InChI is InChI=1S/C12H20N4O2/c1-3-13-11-7-6-10(14-15-11)12(18)16(4-2)8-5-9-17/h6-7,17H,3-5,8-9H2,1-2H3,(H,13,15). The summed E-state index contributed by atoms with van der Waals surface area (Å²) in [7, 11) is 0. The quantitative estimate of drug-likeness (QED) is 0.749. The van der Waals surface area contributed by atoms with E-state index in [1.54, 1.807) is 17.0 Å². The number of carbonyl (C=O) groups excluding carboxylic acids is 1. The minimum Gasteiger partial charge on any atom is -0.396 e. The van der Waals surface area contributed by atoms with Gasteiger partial charge in [-0.25, -0.2) is 0 Å². The minimum absolute atomic E-state index is 0.0782. The maximum Gasteiger partial charge on any atom is 0.274 e. The lowest BCUT2D eigenvalue weighted by molar-refractivity contribution is 0.0747. The van der Waals surface area contributed by atoms with Gasteiger partial charge in [-0.05, 0) is 32.4 Å². The van der Waals surface area contributed by atoms with Crippen LogP contribution in [0.4, 0.5) is 5.82 Å². The SMILES string of the molecule is CCNc1ccc(C(=O)N(CC)CCCO)nn1. The maximum absolute atomic E-state index is 12.1. The second kappa shape index (κ2) is 7.60. The molecule has 0 fully saturated rings. The lowest BCUT2D eigenvalue weighted by atomic mass is 10.3. The van der Waals surface area contributed by atoms with Gasteiger partial charge in [0.1, 0.15) is 5.82 Å². The van der Waals surface area contributed by atoms with Crippen molar-refractivity contribution < 1.29 is 9.90 Å². The molecule has 6 nitrogen and oxygen atoms in total. The van der Waals surface area contributed by atoms with E-state index >= 15 is 0 Å². The summed E-state index contributed by atoms with van der Waals surface area (Å²) >= 11 is 0. The Labute approximate surface area is 107 Å². The summed E-state index contributed by atoms with van der Waals surface area (Å²) in [6, 6.07) is 3.40. The van der Waals surface area contributed by atoms with E-state index in [4.69, 9.17) is 5.11 Å². The molecular formula is C12H20N4O2. The maximum atomic E-state index is 12.1. The van der Waals surface area contributed by atoms with Crippen molar-refractivity contribution in [2.24, 2.45) is 0 Å². The molecule has 0 saturated carbocycles. The van der Waals surface area contributed by atoms with Gasteiger partial charge in [-0.1, -0.05) is 0 Å². The Balaban J connectivity index is 2.69. The Kier molecular flexibility index (Phi) is 6.07. The molecule has 0 aromatic carbocycles. The number of amides is 1. The fourth-order valence-corrected chi connectivity index (χ4v) is 1.55. The topological polar surface area (TPSA) is 78.4 Å². The van der Waals surface area contributed by atoms with Crippen LogP contribution in [0, 0.1) is 0 Å². The van der Waals surface area contributed by atoms with Gasteiger partial charge in [0.15, 0.2) is 5.69 Å². The summed E-state index contributed by atoms with van der Waals surface area (Å²) in [6.07, 6.45) is 0.572. The van der Waals surface area contributed by atoms with Crippen molar-refractivity contribution in [3.63, 3.8) is 0 Å². The summed E-state index contributed by atoms with van der Waals surface area (Å²) in [5, 5.41) is 19.6. The third-order valence-corrected chi connectivity index (χ3v) is 2.50. The number of nitrogens with one attached hydrogen (secondary N) is 1. The molecule has 1 amide bonds. The second-order valence-corrected chi connectivity index (χ2v) is 3.80. The van der Waals surface area contributed by atoms with Crippen molar-refractivity contribution >= 4 is 11.7 Å². The summed E-state index contributed by atoms with van der Waals surface area (Å²) in [5.74, 6) is 0.508. The van der Waals surface area contributed by atoms with E-state index in [0.29, 0.717) is 31.0 Å². The van der Waals surface area contributed by atoms with Crippen molar-refractivity contribution in [1.29, 1.82) is 0 Å². The van der Waals surface area contributed by atoms with Gasteiger partial charge < -0.3 is 15.3 Å². The van der Waals surface area contributed by atoms with E-state index < -0.39 is 0 Å². The first-order chi connectivity index (χ1) is 8.72. The van der Waals surface area contributed by atoms with Gasteiger partial charge in [-0.3, -0.25) is 4.79 Å². The van der Waals surface area contributed by atoms with Crippen LogP contribution in [0.3, 0.4) is 0 Å². The van der Waals surface area contributed by atoms with E-state index in [1.807, 2.05) is 13.8 Å². The average Bonchev–Trinajstić information content (AvgIpc) is 2.40. The van der Waals surface area contributed by atoms with Gasteiger partial charge in [-0.15, -0.1) is 10.2 Å². The number of hydrogen-bond donors (Lipinski definition) is 2. The van der Waals surface area contributed by atoms with Crippen LogP contribution in [0.2, 0.25) is 0 Å². The monoisotopic (exact) mass is 252 g/mol. The Hall–Kier alpha value is -1.69. The number of anilines is 1. The van der Waals surface area contributed by atoms with Gasteiger partial charge in [0.05, 0.1) is 0 Å². The van der Waals surface area contributed by atoms with Crippen LogP contribution in [0.25, 0.3) is 0 Å². The highest BCUT2D eigenvalue weighted by Gasteiger charge is 2.15. The molecule has 0 spiro atoms. The molecule has 0 saturated heterocycles.